The van der Waals surface area contributed by atoms with Crippen molar-refractivity contribution < 1.29 is 17.9 Å². The van der Waals surface area contributed by atoms with Crippen molar-refractivity contribution in [1.29, 1.82) is 0 Å². The largest absolute Gasteiger partial charge is 0.497 e. The number of hydrogen-bond donors (Lipinski definition) is 0. The van der Waals surface area contributed by atoms with E-state index in [0.717, 1.165) is 6.07 Å². The zero-order valence-electron chi connectivity index (χ0n) is 7.36. The van der Waals surface area contributed by atoms with Crippen LogP contribution in [0.5, 0.6) is 5.75 Å². The third-order valence-electron chi connectivity index (χ3n) is 1.76. The Hall–Kier alpha value is -0.710. The molecule has 0 aliphatic rings. The first kappa shape index (κ1) is 11.4. The molecule has 0 heterocycles. The summed E-state index contributed by atoms with van der Waals surface area (Å²) in [5.74, 6) is 0.424. The van der Waals surface area contributed by atoms with E-state index in [-0.39, 0.29) is 10.9 Å². The fourth-order valence-electron chi connectivity index (χ4n) is 1.08. The lowest BCUT2D eigenvalue weighted by atomic mass is 10.1. The van der Waals surface area contributed by atoms with Crippen molar-refractivity contribution in [2.75, 3.05) is 7.11 Å². The number of ether oxygens (including phenoxy) is 1. The number of benzene rings is 1. The van der Waals surface area contributed by atoms with E-state index in [4.69, 9.17) is 4.74 Å². The van der Waals surface area contributed by atoms with Gasteiger partial charge in [0.05, 0.1) is 12.7 Å². The van der Waals surface area contributed by atoms with Gasteiger partial charge in [-0.15, -0.1) is 0 Å². The van der Waals surface area contributed by atoms with Crippen LogP contribution in [0.4, 0.5) is 13.2 Å². The van der Waals surface area contributed by atoms with Crippen LogP contribution in [-0.4, -0.2) is 7.11 Å². The van der Waals surface area contributed by atoms with E-state index < -0.39 is 11.7 Å². The highest BCUT2D eigenvalue weighted by molar-refractivity contribution is 9.08. The molecule has 0 saturated heterocycles. The van der Waals surface area contributed by atoms with Gasteiger partial charge < -0.3 is 4.74 Å². The molecular formula is C9H8BrF3O. The van der Waals surface area contributed by atoms with Crippen LogP contribution < -0.4 is 4.74 Å². The fourth-order valence-corrected chi connectivity index (χ4v) is 1.55. The zero-order valence-corrected chi connectivity index (χ0v) is 8.95. The third-order valence-corrected chi connectivity index (χ3v) is 2.37. The SMILES string of the molecule is COc1ccc(C(F)(F)F)c(CBr)c1. The van der Waals surface area contributed by atoms with Crippen LogP contribution in [0.2, 0.25) is 0 Å². The van der Waals surface area contributed by atoms with Crippen LogP contribution in [0.25, 0.3) is 0 Å². The van der Waals surface area contributed by atoms with Gasteiger partial charge in [0, 0.05) is 5.33 Å². The molecule has 0 unspecified atom stereocenters. The van der Waals surface area contributed by atoms with Crippen LogP contribution in [-0.2, 0) is 11.5 Å². The standard InChI is InChI=1S/C9H8BrF3O/c1-14-7-2-3-8(9(11,12)13)6(4-7)5-10/h2-4H,5H2,1H3. The quantitative estimate of drug-likeness (QED) is 0.745. The van der Waals surface area contributed by atoms with Crippen molar-refractivity contribution in [3.05, 3.63) is 29.3 Å². The minimum atomic E-state index is -4.31. The Labute approximate surface area is 88.0 Å². The molecule has 0 atom stereocenters. The van der Waals surface area contributed by atoms with Gasteiger partial charge in [-0.1, -0.05) is 15.9 Å². The van der Waals surface area contributed by atoms with Gasteiger partial charge in [-0.2, -0.15) is 13.2 Å². The van der Waals surface area contributed by atoms with Crippen molar-refractivity contribution in [3.63, 3.8) is 0 Å². The summed E-state index contributed by atoms with van der Waals surface area (Å²) in [6.07, 6.45) is -4.31. The van der Waals surface area contributed by atoms with Crippen LogP contribution in [0, 0.1) is 0 Å². The second kappa shape index (κ2) is 4.21. The van der Waals surface area contributed by atoms with Gasteiger partial charge >= 0.3 is 6.18 Å². The molecule has 0 aromatic heterocycles. The van der Waals surface area contributed by atoms with E-state index in [1.807, 2.05) is 0 Å². The Kier molecular flexibility index (Phi) is 3.42. The number of rotatable bonds is 2. The van der Waals surface area contributed by atoms with Crippen LogP contribution >= 0.6 is 15.9 Å². The van der Waals surface area contributed by atoms with E-state index in [0.29, 0.717) is 5.75 Å². The minimum absolute atomic E-state index is 0.152. The lowest BCUT2D eigenvalue weighted by Gasteiger charge is -2.12. The molecule has 0 aliphatic carbocycles. The molecule has 1 aromatic carbocycles. The summed E-state index contributed by atoms with van der Waals surface area (Å²) in [5, 5.41) is 0.152. The Balaban J connectivity index is 3.18. The molecule has 0 bridgehead atoms. The molecule has 1 rings (SSSR count). The molecule has 14 heavy (non-hydrogen) atoms. The van der Waals surface area contributed by atoms with Crippen LogP contribution in [0.3, 0.4) is 0 Å². The maximum Gasteiger partial charge on any atom is 0.416 e. The van der Waals surface area contributed by atoms with E-state index in [1.54, 1.807) is 0 Å². The molecule has 0 radical (unpaired) electrons. The lowest BCUT2D eigenvalue weighted by molar-refractivity contribution is -0.138. The number of hydrogen-bond acceptors (Lipinski definition) is 1. The molecule has 78 valence electrons. The van der Waals surface area contributed by atoms with Gasteiger partial charge in [-0.3, -0.25) is 0 Å². The van der Waals surface area contributed by atoms with Gasteiger partial charge in [0.1, 0.15) is 5.75 Å². The van der Waals surface area contributed by atoms with Gasteiger partial charge in [0.25, 0.3) is 0 Å². The summed E-state index contributed by atoms with van der Waals surface area (Å²) in [5.41, 5.74) is -0.452. The molecule has 0 amide bonds. The van der Waals surface area contributed by atoms with Gasteiger partial charge in [0.2, 0.25) is 0 Å². The topological polar surface area (TPSA) is 9.23 Å². The maximum atomic E-state index is 12.4. The molecular weight excluding hydrogens is 261 g/mol. The summed E-state index contributed by atoms with van der Waals surface area (Å²) in [4.78, 5) is 0. The van der Waals surface area contributed by atoms with Gasteiger partial charge in [-0.25, -0.2) is 0 Å². The summed E-state index contributed by atoms with van der Waals surface area (Å²) in [6.45, 7) is 0. The van der Waals surface area contributed by atoms with Crippen molar-refractivity contribution in [3.8, 4) is 5.75 Å². The molecule has 0 spiro atoms. The average Bonchev–Trinajstić information content (AvgIpc) is 2.15. The number of halogens is 4. The molecule has 0 aliphatic heterocycles. The second-order valence-electron chi connectivity index (χ2n) is 2.65. The van der Waals surface area contributed by atoms with Gasteiger partial charge in [-0.05, 0) is 23.8 Å². The van der Waals surface area contributed by atoms with E-state index >= 15 is 0 Å². The Morgan fingerprint density at radius 3 is 2.43 bits per heavy atom. The first-order chi connectivity index (χ1) is 6.49. The highest BCUT2D eigenvalue weighted by atomic mass is 79.9. The summed E-state index contributed by atoms with van der Waals surface area (Å²) in [6, 6.07) is 3.70. The lowest BCUT2D eigenvalue weighted by Crippen LogP contribution is -2.08. The number of alkyl halides is 4. The Morgan fingerprint density at radius 1 is 1.36 bits per heavy atom. The van der Waals surface area contributed by atoms with E-state index in [9.17, 15) is 13.2 Å². The molecule has 0 fully saturated rings. The van der Waals surface area contributed by atoms with Crippen LogP contribution in [0.1, 0.15) is 11.1 Å². The highest BCUT2D eigenvalue weighted by Crippen LogP contribution is 2.34. The van der Waals surface area contributed by atoms with Crippen molar-refractivity contribution in [1.82, 2.24) is 0 Å². The number of methoxy groups -OCH3 is 1. The predicted molar refractivity (Wildman–Crippen MR) is 50.6 cm³/mol. The van der Waals surface area contributed by atoms with E-state index in [2.05, 4.69) is 15.9 Å². The third kappa shape index (κ3) is 2.41. The second-order valence-corrected chi connectivity index (χ2v) is 3.22. The molecule has 1 aromatic rings. The minimum Gasteiger partial charge on any atom is -0.497 e. The summed E-state index contributed by atoms with van der Waals surface area (Å²) in [7, 11) is 1.42. The monoisotopic (exact) mass is 268 g/mol. The van der Waals surface area contributed by atoms with Crippen molar-refractivity contribution >= 4 is 15.9 Å². The fraction of sp³-hybridized carbons (Fsp3) is 0.333. The summed E-state index contributed by atoms with van der Waals surface area (Å²) < 4.78 is 42.1. The molecule has 0 N–H and O–H groups in total. The van der Waals surface area contributed by atoms with E-state index in [1.165, 1.54) is 19.2 Å². The van der Waals surface area contributed by atoms with Crippen molar-refractivity contribution in [2.24, 2.45) is 0 Å². The Bertz CT molecular complexity index is 322. The molecule has 1 nitrogen and oxygen atoms in total. The molecule has 0 saturated carbocycles. The predicted octanol–water partition coefficient (Wildman–Crippen LogP) is 3.61. The average molecular weight is 269 g/mol. The van der Waals surface area contributed by atoms with Crippen LogP contribution in [0.15, 0.2) is 18.2 Å². The molecule has 5 heteroatoms. The smallest absolute Gasteiger partial charge is 0.416 e. The Morgan fingerprint density at radius 2 is 2.00 bits per heavy atom. The van der Waals surface area contributed by atoms with Crippen molar-refractivity contribution in [2.45, 2.75) is 11.5 Å². The first-order valence-corrected chi connectivity index (χ1v) is 4.91. The first-order valence-electron chi connectivity index (χ1n) is 3.79. The zero-order chi connectivity index (χ0) is 10.8. The normalized spacial score (nSPS) is 11.5. The maximum absolute atomic E-state index is 12.4. The summed E-state index contributed by atoms with van der Waals surface area (Å²) >= 11 is 3.01. The van der Waals surface area contributed by atoms with Gasteiger partial charge in [0.15, 0.2) is 0 Å². The highest BCUT2D eigenvalue weighted by Gasteiger charge is 2.32.